The highest BCUT2D eigenvalue weighted by Crippen LogP contribution is 2.34. The van der Waals surface area contributed by atoms with Crippen molar-refractivity contribution in [3.05, 3.63) is 47.9 Å². The Balaban J connectivity index is 1.23. The third-order valence-corrected chi connectivity index (χ3v) is 7.20. The van der Waals surface area contributed by atoms with Gasteiger partial charge in [-0.15, -0.1) is 0 Å². The average molecular weight is 467 g/mol. The molecule has 4 heterocycles. The maximum atomic E-state index is 13.5. The maximum Gasteiger partial charge on any atom is 0.242 e. The van der Waals surface area contributed by atoms with Crippen LogP contribution in [0.5, 0.6) is 11.6 Å². The van der Waals surface area contributed by atoms with Gasteiger partial charge in [-0.05, 0) is 50.3 Å². The minimum Gasteiger partial charge on any atom is -0.437 e. The van der Waals surface area contributed by atoms with Crippen LogP contribution in [0.2, 0.25) is 0 Å². The Kier molecular flexibility index (Phi) is 7.37. The summed E-state index contributed by atoms with van der Waals surface area (Å²) in [7, 11) is 0. The number of hydrogen-bond donors (Lipinski definition) is 0. The fourth-order valence-electron chi connectivity index (χ4n) is 5.35. The van der Waals surface area contributed by atoms with Gasteiger partial charge in [0, 0.05) is 57.2 Å². The van der Waals surface area contributed by atoms with Crippen LogP contribution in [-0.2, 0) is 14.3 Å². The Morgan fingerprint density at radius 3 is 2.59 bits per heavy atom. The molecule has 3 aliphatic rings. The molecule has 0 aliphatic carbocycles. The van der Waals surface area contributed by atoms with Crippen molar-refractivity contribution >= 4 is 5.91 Å². The van der Waals surface area contributed by atoms with E-state index >= 15 is 0 Å². The molecular formula is C26H34N4O4. The third-order valence-electron chi connectivity index (χ3n) is 7.20. The first-order valence-corrected chi connectivity index (χ1v) is 12.4. The molecule has 0 saturated carbocycles. The van der Waals surface area contributed by atoms with Gasteiger partial charge in [0.1, 0.15) is 17.5 Å². The van der Waals surface area contributed by atoms with Crippen LogP contribution < -0.4 is 4.74 Å². The van der Waals surface area contributed by atoms with E-state index in [9.17, 15) is 4.79 Å². The van der Waals surface area contributed by atoms with Crippen LogP contribution in [0.25, 0.3) is 0 Å². The molecule has 1 aromatic heterocycles. The summed E-state index contributed by atoms with van der Waals surface area (Å²) in [5.41, 5.74) is 2.01. The molecule has 0 N–H and O–H groups in total. The van der Waals surface area contributed by atoms with Gasteiger partial charge in [-0.2, -0.15) is 0 Å². The highest BCUT2D eigenvalue weighted by atomic mass is 16.5. The Hall–Kier alpha value is -2.55. The molecule has 0 unspecified atom stereocenters. The van der Waals surface area contributed by atoms with Crippen molar-refractivity contribution in [3.8, 4) is 11.6 Å². The number of ether oxygens (including phenoxy) is 3. The standard InChI is InChI=1S/C26H34N4O4/c1-19-3-2-4-22(17-19)34-25-24(27-9-10-28-25)20-5-11-29(12-6-20)26(31)23-18-33-16-13-30(23)21-7-14-32-15-8-21/h2-4,9-10,17,20-21,23H,5-8,11-16,18H2,1H3/t23-/m1/s1. The average Bonchev–Trinajstić information content (AvgIpc) is 2.89. The molecule has 182 valence electrons. The number of carbonyl (C=O) groups excluding carboxylic acids is 1. The largest absolute Gasteiger partial charge is 0.437 e. The summed E-state index contributed by atoms with van der Waals surface area (Å²) < 4.78 is 17.4. The van der Waals surface area contributed by atoms with E-state index in [2.05, 4.69) is 14.9 Å². The predicted octanol–water partition coefficient (Wildman–Crippen LogP) is 3.16. The molecule has 1 atom stereocenters. The van der Waals surface area contributed by atoms with Crippen LogP contribution in [-0.4, -0.2) is 83.8 Å². The van der Waals surface area contributed by atoms with Gasteiger partial charge in [0.25, 0.3) is 0 Å². The van der Waals surface area contributed by atoms with Gasteiger partial charge in [-0.3, -0.25) is 14.7 Å². The topological polar surface area (TPSA) is 77.0 Å². The lowest BCUT2D eigenvalue weighted by molar-refractivity contribution is -0.148. The summed E-state index contributed by atoms with van der Waals surface area (Å²) in [6.07, 6.45) is 7.06. The number of hydrogen-bond acceptors (Lipinski definition) is 7. The van der Waals surface area contributed by atoms with Crippen LogP contribution in [0.1, 0.15) is 42.9 Å². The van der Waals surface area contributed by atoms with Crippen molar-refractivity contribution in [1.29, 1.82) is 0 Å². The Bertz CT molecular complexity index is 973. The zero-order valence-electron chi connectivity index (χ0n) is 19.9. The van der Waals surface area contributed by atoms with Gasteiger partial charge in [-0.1, -0.05) is 12.1 Å². The van der Waals surface area contributed by atoms with Crippen molar-refractivity contribution in [3.63, 3.8) is 0 Å². The Labute approximate surface area is 201 Å². The summed E-state index contributed by atoms with van der Waals surface area (Å²) in [5, 5.41) is 0. The minimum absolute atomic E-state index is 0.190. The maximum absolute atomic E-state index is 13.5. The SMILES string of the molecule is Cc1cccc(Oc2nccnc2C2CCN(C(=O)[C@H]3COCCN3C3CCOCC3)CC2)c1. The van der Waals surface area contributed by atoms with Crippen LogP contribution in [0, 0.1) is 6.92 Å². The van der Waals surface area contributed by atoms with E-state index in [4.69, 9.17) is 14.2 Å². The summed E-state index contributed by atoms with van der Waals surface area (Å²) in [4.78, 5) is 27.0. The number of nitrogens with zero attached hydrogens (tertiary/aromatic N) is 4. The molecule has 1 amide bonds. The van der Waals surface area contributed by atoms with Gasteiger partial charge < -0.3 is 19.1 Å². The molecule has 34 heavy (non-hydrogen) atoms. The number of carbonyl (C=O) groups is 1. The lowest BCUT2D eigenvalue weighted by atomic mass is 9.92. The normalized spacial score (nSPS) is 23.1. The summed E-state index contributed by atoms with van der Waals surface area (Å²) in [6.45, 7) is 7.01. The minimum atomic E-state index is -0.190. The number of morpholine rings is 1. The van der Waals surface area contributed by atoms with E-state index in [1.165, 1.54) is 0 Å². The molecule has 3 aliphatic heterocycles. The van der Waals surface area contributed by atoms with Gasteiger partial charge in [0.2, 0.25) is 11.8 Å². The van der Waals surface area contributed by atoms with Gasteiger partial charge in [0.05, 0.1) is 13.2 Å². The molecular weight excluding hydrogens is 432 g/mol. The molecule has 8 nitrogen and oxygen atoms in total. The van der Waals surface area contributed by atoms with E-state index in [0.717, 1.165) is 62.4 Å². The third kappa shape index (κ3) is 5.24. The lowest BCUT2D eigenvalue weighted by Gasteiger charge is -2.44. The molecule has 3 fully saturated rings. The monoisotopic (exact) mass is 466 g/mol. The first-order chi connectivity index (χ1) is 16.7. The highest BCUT2D eigenvalue weighted by molar-refractivity contribution is 5.82. The Morgan fingerprint density at radius 2 is 1.79 bits per heavy atom. The smallest absolute Gasteiger partial charge is 0.242 e. The lowest BCUT2D eigenvalue weighted by Crippen LogP contribution is -2.59. The van der Waals surface area contributed by atoms with E-state index in [-0.39, 0.29) is 17.9 Å². The van der Waals surface area contributed by atoms with Crippen molar-refractivity contribution in [2.75, 3.05) is 46.1 Å². The number of aryl methyl sites for hydroxylation is 1. The summed E-state index contributed by atoms with van der Waals surface area (Å²) >= 11 is 0. The van der Waals surface area contributed by atoms with Crippen molar-refractivity contribution in [1.82, 2.24) is 19.8 Å². The van der Waals surface area contributed by atoms with Crippen LogP contribution in [0.15, 0.2) is 36.7 Å². The predicted molar refractivity (Wildman–Crippen MR) is 127 cm³/mol. The fraction of sp³-hybridized carbons (Fsp3) is 0.577. The number of amides is 1. The van der Waals surface area contributed by atoms with Crippen molar-refractivity contribution in [2.45, 2.75) is 50.6 Å². The van der Waals surface area contributed by atoms with Gasteiger partial charge in [0.15, 0.2) is 0 Å². The first kappa shape index (κ1) is 23.2. The first-order valence-electron chi connectivity index (χ1n) is 12.4. The number of rotatable bonds is 5. The van der Waals surface area contributed by atoms with Crippen LogP contribution in [0.3, 0.4) is 0 Å². The molecule has 0 bridgehead atoms. The second kappa shape index (κ2) is 10.8. The summed E-state index contributed by atoms with van der Waals surface area (Å²) in [5.74, 6) is 1.73. The molecule has 0 spiro atoms. The molecule has 0 radical (unpaired) electrons. The zero-order valence-corrected chi connectivity index (χ0v) is 19.9. The van der Waals surface area contributed by atoms with Crippen LogP contribution in [0.4, 0.5) is 0 Å². The number of benzene rings is 1. The summed E-state index contributed by atoms with van der Waals surface area (Å²) in [6, 6.07) is 8.16. The molecule has 5 rings (SSSR count). The van der Waals surface area contributed by atoms with Gasteiger partial charge in [-0.25, -0.2) is 4.98 Å². The van der Waals surface area contributed by atoms with E-state index < -0.39 is 0 Å². The van der Waals surface area contributed by atoms with Crippen molar-refractivity contribution < 1.29 is 19.0 Å². The molecule has 1 aromatic carbocycles. The number of piperidine rings is 1. The second-order valence-corrected chi connectivity index (χ2v) is 9.44. The highest BCUT2D eigenvalue weighted by Gasteiger charge is 2.38. The van der Waals surface area contributed by atoms with E-state index in [0.29, 0.717) is 38.2 Å². The van der Waals surface area contributed by atoms with Crippen molar-refractivity contribution in [2.24, 2.45) is 0 Å². The molecule has 3 saturated heterocycles. The number of likely N-dealkylation sites (tertiary alicyclic amines) is 1. The number of aromatic nitrogens is 2. The zero-order chi connectivity index (χ0) is 23.3. The molecule has 2 aromatic rings. The van der Waals surface area contributed by atoms with Crippen LogP contribution >= 0.6 is 0 Å². The van der Waals surface area contributed by atoms with E-state index in [1.807, 2.05) is 36.1 Å². The quantitative estimate of drug-likeness (QED) is 0.670. The van der Waals surface area contributed by atoms with Gasteiger partial charge >= 0.3 is 0 Å². The Morgan fingerprint density at radius 1 is 1.00 bits per heavy atom. The molecule has 8 heteroatoms. The van der Waals surface area contributed by atoms with E-state index in [1.54, 1.807) is 12.4 Å². The fourth-order valence-corrected chi connectivity index (χ4v) is 5.35. The second-order valence-electron chi connectivity index (χ2n) is 9.44.